The molecule has 0 saturated carbocycles. The van der Waals surface area contributed by atoms with E-state index in [0.29, 0.717) is 28.6 Å². The number of allylic oxidation sites excluding steroid dienone is 3. The van der Waals surface area contributed by atoms with Crippen LogP contribution >= 0.6 is 11.3 Å². The summed E-state index contributed by atoms with van der Waals surface area (Å²) in [6.45, 7) is 0. The maximum absolute atomic E-state index is 12.4. The van der Waals surface area contributed by atoms with E-state index in [-0.39, 0.29) is 18.7 Å². The van der Waals surface area contributed by atoms with Crippen molar-refractivity contribution in [2.75, 3.05) is 5.32 Å². The van der Waals surface area contributed by atoms with Gasteiger partial charge in [-0.25, -0.2) is 4.99 Å². The standard InChI is InChI=1S/C26H26F3N7O3S/c27-26(28,29)39-20-9-5-6-17(14-20)15-22(37)31-21-12-11-18(33-34-21)7-1-2-10-24-35-36-25(40-24)32-23(38)16-19-8-3-4-13-30-19/h3-6,8-9,11-14,33-34H,1-2,7,10,15-16H2,(H,31,37)(H,32,36,38)/p-1. The molecular formula is C26H25F3N7O3S-. The number of anilines is 1. The summed E-state index contributed by atoms with van der Waals surface area (Å²) in [4.78, 5) is 20.2. The number of unbranched alkanes of at least 4 members (excludes halogenated alkanes) is 1. The van der Waals surface area contributed by atoms with Crippen molar-refractivity contribution in [3.63, 3.8) is 0 Å². The summed E-state index contributed by atoms with van der Waals surface area (Å²) in [5.41, 5.74) is 7.77. The zero-order valence-electron chi connectivity index (χ0n) is 21.1. The van der Waals surface area contributed by atoms with Gasteiger partial charge < -0.3 is 20.6 Å². The molecule has 0 aliphatic carbocycles. The molecule has 0 atom stereocenters. The summed E-state index contributed by atoms with van der Waals surface area (Å²) in [5, 5.41) is 24.4. The predicted molar refractivity (Wildman–Crippen MR) is 141 cm³/mol. The minimum atomic E-state index is -4.80. The van der Waals surface area contributed by atoms with Crippen molar-refractivity contribution in [3.05, 3.63) is 88.6 Å². The number of aliphatic imine (C=N–C) groups is 1. The highest BCUT2D eigenvalue weighted by atomic mass is 32.1. The van der Waals surface area contributed by atoms with Gasteiger partial charge in [0.2, 0.25) is 11.0 Å². The number of carbonyl (C=O) groups is 1. The molecule has 14 heteroatoms. The van der Waals surface area contributed by atoms with Crippen LogP contribution in [-0.4, -0.2) is 33.3 Å². The van der Waals surface area contributed by atoms with Crippen LogP contribution in [0.25, 0.3) is 0 Å². The molecule has 3 heterocycles. The van der Waals surface area contributed by atoms with Gasteiger partial charge in [0.25, 0.3) is 0 Å². The number of ether oxygens (including phenoxy) is 1. The second kappa shape index (κ2) is 13.6. The Morgan fingerprint density at radius 1 is 1.05 bits per heavy atom. The lowest BCUT2D eigenvalue weighted by molar-refractivity contribution is -0.274. The Balaban J connectivity index is 1.18. The monoisotopic (exact) mass is 572 g/mol. The van der Waals surface area contributed by atoms with Gasteiger partial charge >= 0.3 is 6.36 Å². The van der Waals surface area contributed by atoms with Gasteiger partial charge in [-0.3, -0.25) is 15.2 Å². The zero-order valence-corrected chi connectivity index (χ0v) is 21.9. The number of amides is 1. The lowest BCUT2D eigenvalue weighted by atomic mass is 10.1. The van der Waals surface area contributed by atoms with Crippen LogP contribution in [0.15, 0.2) is 77.3 Å². The number of hydrazine groups is 1. The summed E-state index contributed by atoms with van der Waals surface area (Å²) in [6, 6.07) is 10.6. The van der Waals surface area contributed by atoms with E-state index in [0.717, 1.165) is 42.1 Å². The van der Waals surface area contributed by atoms with Crippen LogP contribution < -0.4 is 26.0 Å². The van der Waals surface area contributed by atoms with Crippen molar-refractivity contribution in [2.45, 2.75) is 44.9 Å². The second-order valence-corrected chi connectivity index (χ2v) is 9.69. The van der Waals surface area contributed by atoms with E-state index in [2.05, 4.69) is 41.1 Å². The van der Waals surface area contributed by atoms with Gasteiger partial charge in [-0.1, -0.05) is 29.5 Å². The van der Waals surface area contributed by atoms with E-state index in [1.54, 1.807) is 30.5 Å². The molecule has 1 aliphatic rings. The fourth-order valence-corrected chi connectivity index (χ4v) is 4.44. The molecule has 0 fully saturated rings. The van der Waals surface area contributed by atoms with E-state index in [4.69, 9.17) is 0 Å². The Morgan fingerprint density at radius 2 is 1.90 bits per heavy atom. The van der Waals surface area contributed by atoms with E-state index >= 15 is 0 Å². The molecule has 40 heavy (non-hydrogen) atoms. The number of hydrogen-bond donors (Lipinski definition) is 3. The first-order chi connectivity index (χ1) is 19.2. The number of halogens is 3. The number of rotatable bonds is 12. The maximum atomic E-state index is 12.4. The largest absolute Gasteiger partial charge is 0.861 e. The first kappa shape index (κ1) is 28.5. The van der Waals surface area contributed by atoms with Gasteiger partial charge in [0, 0.05) is 30.4 Å². The molecule has 10 nitrogen and oxygen atoms in total. The number of hydrogen-bond acceptors (Lipinski definition) is 10. The quantitative estimate of drug-likeness (QED) is 0.170. The van der Waals surface area contributed by atoms with Gasteiger partial charge in [0.05, 0.1) is 6.42 Å². The lowest BCUT2D eigenvalue weighted by Gasteiger charge is -2.19. The van der Waals surface area contributed by atoms with E-state index in [1.807, 2.05) is 6.07 Å². The van der Waals surface area contributed by atoms with Gasteiger partial charge in [0.1, 0.15) is 16.6 Å². The number of pyridine rings is 1. The zero-order chi connectivity index (χ0) is 28.4. The average Bonchev–Trinajstić information content (AvgIpc) is 3.34. The summed E-state index contributed by atoms with van der Waals surface area (Å²) >= 11 is 1.34. The minimum absolute atomic E-state index is 0.165. The van der Waals surface area contributed by atoms with Crippen LogP contribution in [0.3, 0.4) is 0 Å². The van der Waals surface area contributed by atoms with Gasteiger partial charge in [-0.2, -0.15) is 0 Å². The fourth-order valence-electron chi connectivity index (χ4n) is 3.65. The molecule has 0 unspecified atom stereocenters. The van der Waals surface area contributed by atoms with E-state index in [1.165, 1.54) is 23.5 Å². The highest BCUT2D eigenvalue weighted by Crippen LogP contribution is 2.23. The van der Waals surface area contributed by atoms with Gasteiger partial charge in [0.15, 0.2) is 0 Å². The Morgan fingerprint density at radius 3 is 2.65 bits per heavy atom. The van der Waals surface area contributed by atoms with Crippen molar-refractivity contribution in [2.24, 2.45) is 4.99 Å². The summed E-state index contributed by atoms with van der Waals surface area (Å²) in [5.74, 6) is -0.819. The molecule has 0 spiro atoms. The number of nitrogens with one attached hydrogen (secondary N) is 3. The van der Waals surface area contributed by atoms with Crippen molar-refractivity contribution in [1.82, 2.24) is 26.0 Å². The molecule has 3 N–H and O–H groups in total. The number of nitrogens with zero attached hydrogens (tertiary/aromatic N) is 4. The summed E-state index contributed by atoms with van der Waals surface area (Å²) < 4.78 is 41.1. The smallest absolute Gasteiger partial charge is 0.573 e. The topological polar surface area (TPSA) is 136 Å². The van der Waals surface area contributed by atoms with Crippen LogP contribution in [0, 0.1) is 0 Å². The summed E-state index contributed by atoms with van der Waals surface area (Å²) in [6.07, 6.45) is 3.45. The van der Waals surface area contributed by atoms with Gasteiger partial charge in [-0.05, 0) is 67.1 Å². The molecule has 1 aromatic carbocycles. The number of aromatic nitrogens is 3. The first-order valence-electron chi connectivity index (χ1n) is 12.3. The first-order valence-corrected chi connectivity index (χ1v) is 13.1. The van der Waals surface area contributed by atoms with E-state index in [9.17, 15) is 23.1 Å². The van der Waals surface area contributed by atoms with E-state index < -0.39 is 18.0 Å². The molecule has 0 bridgehead atoms. The molecule has 210 valence electrons. The number of benzene rings is 1. The Bertz CT molecular complexity index is 1390. The SMILES string of the molecule is O=C(Cc1ccccn1)Nc1nnc(CCCCC2=CC=C(N=C([O-])Cc3cccc(OC(F)(F)F)c3)NN2)s1. The van der Waals surface area contributed by atoms with Crippen molar-refractivity contribution in [1.29, 1.82) is 0 Å². The highest BCUT2D eigenvalue weighted by Gasteiger charge is 2.31. The van der Waals surface area contributed by atoms with Crippen LogP contribution in [0.2, 0.25) is 0 Å². The Hall–Kier alpha value is -4.46. The van der Waals surface area contributed by atoms with Crippen molar-refractivity contribution < 1.29 is 27.8 Å². The van der Waals surface area contributed by atoms with Crippen LogP contribution in [0.1, 0.15) is 35.5 Å². The molecule has 0 radical (unpaired) electrons. The second-order valence-electron chi connectivity index (χ2n) is 8.63. The number of aryl methyl sites for hydroxylation is 1. The number of alkyl halides is 3. The third-order valence-corrected chi connectivity index (χ3v) is 6.29. The predicted octanol–water partition coefficient (Wildman–Crippen LogP) is 3.56. The maximum Gasteiger partial charge on any atom is 0.573 e. The third-order valence-electron chi connectivity index (χ3n) is 5.39. The average molecular weight is 573 g/mol. The van der Waals surface area contributed by atoms with Crippen LogP contribution in [-0.2, 0) is 24.1 Å². The minimum Gasteiger partial charge on any atom is -0.861 e. The Kier molecular flexibility index (Phi) is 9.67. The molecule has 1 aliphatic heterocycles. The van der Waals surface area contributed by atoms with Crippen molar-refractivity contribution >= 4 is 28.3 Å². The molecule has 0 saturated heterocycles. The van der Waals surface area contributed by atoms with Crippen molar-refractivity contribution in [3.8, 4) is 5.75 Å². The fraction of sp³-hybridized carbons (Fsp3) is 0.269. The number of carbonyl (C=O) groups excluding carboxylic acids is 1. The molecule has 1 amide bonds. The molecular weight excluding hydrogens is 547 g/mol. The summed E-state index contributed by atoms with van der Waals surface area (Å²) in [7, 11) is 0. The highest BCUT2D eigenvalue weighted by molar-refractivity contribution is 7.15. The third kappa shape index (κ3) is 9.69. The molecule has 4 rings (SSSR count). The molecule has 3 aromatic rings. The van der Waals surface area contributed by atoms with Crippen LogP contribution in [0.5, 0.6) is 5.75 Å². The van der Waals surface area contributed by atoms with Crippen LogP contribution in [0.4, 0.5) is 18.3 Å². The van der Waals surface area contributed by atoms with Gasteiger partial charge in [-0.15, -0.1) is 23.4 Å². The normalized spacial score (nSPS) is 13.5. The lowest BCUT2D eigenvalue weighted by Crippen LogP contribution is -2.33. The molecule has 2 aromatic heterocycles. The Labute approximate surface area is 231 Å².